The van der Waals surface area contributed by atoms with Gasteiger partial charge in [-0.1, -0.05) is 13.8 Å². The van der Waals surface area contributed by atoms with Crippen molar-refractivity contribution in [3.63, 3.8) is 0 Å². The summed E-state index contributed by atoms with van der Waals surface area (Å²) in [6.45, 7) is 3.69. The second kappa shape index (κ2) is 5.47. The van der Waals surface area contributed by atoms with Gasteiger partial charge in [-0.3, -0.25) is 0 Å². The van der Waals surface area contributed by atoms with Gasteiger partial charge in [-0.25, -0.2) is 15.0 Å². The van der Waals surface area contributed by atoms with Crippen LogP contribution >= 0.6 is 0 Å². The Morgan fingerprint density at radius 1 is 1.24 bits per heavy atom. The van der Waals surface area contributed by atoms with Gasteiger partial charge < -0.3 is 15.4 Å². The molecule has 0 aliphatic heterocycles. The Kier molecular flexibility index (Phi) is 4.04. The fourth-order valence-electron chi connectivity index (χ4n) is 1.84. The van der Waals surface area contributed by atoms with E-state index in [1.807, 2.05) is 0 Å². The van der Waals surface area contributed by atoms with Crippen LogP contribution in [0, 0.1) is 0 Å². The van der Waals surface area contributed by atoms with Crippen LogP contribution in [0.4, 0.5) is 19.0 Å². The molecule has 116 valence electrons. The molecule has 21 heavy (non-hydrogen) atoms. The van der Waals surface area contributed by atoms with E-state index in [2.05, 4.69) is 25.3 Å². The first kappa shape index (κ1) is 15.5. The average molecular weight is 303 g/mol. The van der Waals surface area contributed by atoms with E-state index in [0.29, 0.717) is 12.8 Å². The number of anilines is 1. The largest absolute Gasteiger partial charge is 0.451 e. The third-order valence-electron chi connectivity index (χ3n) is 3.44. The molecule has 2 heterocycles. The van der Waals surface area contributed by atoms with E-state index < -0.39 is 17.6 Å². The van der Waals surface area contributed by atoms with E-state index in [9.17, 15) is 18.3 Å². The molecular formula is C12H16F3N5O. The molecule has 6 nitrogen and oxygen atoms in total. The SMILES string of the molecule is CCC(O)(CC)CNc1nc(C(F)(F)F)nc2nc[nH]c12. The highest BCUT2D eigenvalue weighted by Gasteiger charge is 2.36. The molecule has 0 fully saturated rings. The maximum atomic E-state index is 12.8. The number of aromatic nitrogens is 4. The number of aliphatic hydroxyl groups is 1. The van der Waals surface area contributed by atoms with Crippen molar-refractivity contribution in [3.8, 4) is 0 Å². The number of rotatable bonds is 5. The summed E-state index contributed by atoms with van der Waals surface area (Å²) in [6, 6.07) is 0. The van der Waals surface area contributed by atoms with Gasteiger partial charge in [0.25, 0.3) is 0 Å². The number of halogens is 3. The normalized spacial score (nSPS) is 12.9. The van der Waals surface area contributed by atoms with Crippen LogP contribution in [0.15, 0.2) is 6.33 Å². The third kappa shape index (κ3) is 3.23. The molecule has 3 N–H and O–H groups in total. The number of hydrogen-bond donors (Lipinski definition) is 3. The minimum atomic E-state index is -4.66. The summed E-state index contributed by atoms with van der Waals surface area (Å²) in [4.78, 5) is 13.3. The van der Waals surface area contributed by atoms with Crippen LogP contribution in [0.5, 0.6) is 0 Å². The molecule has 0 unspecified atom stereocenters. The Morgan fingerprint density at radius 3 is 2.48 bits per heavy atom. The van der Waals surface area contributed by atoms with E-state index in [4.69, 9.17) is 0 Å². The van der Waals surface area contributed by atoms with Gasteiger partial charge in [0, 0.05) is 6.54 Å². The second-order valence-electron chi connectivity index (χ2n) is 4.78. The van der Waals surface area contributed by atoms with Crippen LogP contribution in [0.25, 0.3) is 11.2 Å². The van der Waals surface area contributed by atoms with Crippen molar-refractivity contribution < 1.29 is 18.3 Å². The summed E-state index contributed by atoms with van der Waals surface area (Å²) >= 11 is 0. The highest BCUT2D eigenvalue weighted by molar-refractivity contribution is 5.82. The molecular weight excluding hydrogens is 287 g/mol. The number of H-pyrrole nitrogens is 1. The summed E-state index contributed by atoms with van der Waals surface area (Å²) in [5, 5.41) is 12.9. The lowest BCUT2D eigenvalue weighted by atomic mass is 9.98. The second-order valence-corrected chi connectivity index (χ2v) is 4.78. The lowest BCUT2D eigenvalue weighted by molar-refractivity contribution is -0.144. The number of nitrogens with zero attached hydrogens (tertiary/aromatic N) is 3. The number of nitrogens with one attached hydrogen (secondary N) is 2. The minimum absolute atomic E-state index is 0.0230. The monoisotopic (exact) mass is 303 g/mol. The van der Waals surface area contributed by atoms with E-state index in [1.165, 1.54) is 6.33 Å². The highest BCUT2D eigenvalue weighted by atomic mass is 19.4. The van der Waals surface area contributed by atoms with Crippen LogP contribution in [0.3, 0.4) is 0 Å². The van der Waals surface area contributed by atoms with Crippen molar-refractivity contribution >= 4 is 17.0 Å². The molecule has 2 aromatic rings. The molecule has 9 heteroatoms. The van der Waals surface area contributed by atoms with E-state index in [-0.39, 0.29) is 23.5 Å². The van der Waals surface area contributed by atoms with E-state index in [1.54, 1.807) is 13.8 Å². The van der Waals surface area contributed by atoms with Crippen LogP contribution in [0.1, 0.15) is 32.5 Å². The molecule has 0 saturated carbocycles. The lowest BCUT2D eigenvalue weighted by Gasteiger charge is -2.25. The highest BCUT2D eigenvalue weighted by Crippen LogP contribution is 2.29. The predicted molar refractivity (Wildman–Crippen MR) is 70.7 cm³/mol. The molecule has 0 spiro atoms. The lowest BCUT2D eigenvalue weighted by Crippen LogP contribution is -2.35. The summed E-state index contributed by atoms with van der Waals surface area (Å²) in [5.74, 6) is -1.29. The minimum Gasteiger partial charge on any atom is -0.388 e. The molecule has 0 aliphatic rings. The van der Waals surface area contributed by atoms with Crippen molar-refractivity contribution in [2.45, 2.75) is 38.5 Å². The van der Waals surface area contributed by atoms with Crippen LogP contribution in [-0.2, 0) is 6.18 Å². The smallest absolute Gasteiger partial charge is 0.388 e. The van der Waals surface area contributed by atoms with Gasteiger partial charge in [-0.15, -0.1) is 0 Å². The van der Waals surface area contributed by atoms with Gasteiger partial charge in [0.2, 0.25) is 5.82 Å². The Balaban J connectivity index is 2.36. The zero-order valence-electron chi connectivity index (χ0n) is 11.6. The van der Waals surface area contributed by atoms with E-state index in [0.717, 1.165) is 0 Å². The Morgan fingerprint density at radius 2 is 1.90 bits per heavy atom. The quantitative estimate of drug-likeness (QED) is 0.789. The Hall–Kier alpha value is -1.90. The first-order chi connectivity index (χ1) is 9.79. The Labute approximate surface area is 118 Å². The standard InChI is InChI=1S/C12H16F3N5O/c1-3-11(21,4-2)5-16-8-7-9(18-6-17-7)20-10(19-8)12(13,14)15/h6,21H,3-5H2,1-2H3,(H2,16,17,18,19,20). The number of aromatic amines is 1. The molecule has 2 aromatic heterocycles. The number of fused-ring (bicyclic) bond motifs is 1. The van der Waals surface area contributed by atoms with Gasteiger partial charge >= 0.3 is 6.18 Å². The summed E-state index contributed by atoms with van der Waals surface area (Å²) in [5.41, 5.74) is -0.802. The molecule has 0 bridgehead atoms. The fraction of sp³-hybridized carbons (Fsp3) is 0.583. The molecule has 0 saturated heterocycles. The first-order valence-corrected chi connectivity index (χ1v) is 6.53. The van der Waals surface area contributed by atoms with Crippen LogP contribution < -0.4 is 5.32 Å². The predicted octanol–water partition coefficient (Wildman–Crippen LogP) is 2.33. The third-order valence-corrected chi connectivity index (χ3v) is 3.44. The molecule has 0 aromatic carbocycles. The summed E-state index contributed by atoms with van der Waals surface area (Å²) in [7, 11) is 0. The average Bonchev–Trinajstić information content (AvgIpc) is 2.91. The van der Waals surface area contributed by atoms with Crippen LogP contribution in [0.2, 0.25) is 0 Å². The van der Waals surface area contributed by atoms with Crippen molar-refractivity contribution in [1.82, 2.24) is 19.9 Å². The number of imidazole rings is 1. The van der Waals surface area contributed by atoms with Crippen LogP contribution in [-0.4, -0.2) is 37.2 Å². The van der Waals surface area contributed by atoms with Gasteiger partial charge in [-0.05, 0) is 12.8 Å². The zero-order chi connectivity index (χ0) is 15.7. The zero-order valence-corrected chi connectivity index (χ0v) is 11.6. The maximum Gasteiger partial charge on any atom is 0.451 e. The molecule has 2 rings (SSSR count). The Bertz CT molecular complexity index is 621. The molecule has 0 amide bonds. The van der Waals surface area contributed by atoms with Crippen molar-refractivity contribution in [2.75, 3.05) is 11.9 Å². The fourth-order valence-corrected chi connectivity index (χ4v) is 1.84. The number of hydrogen-bond acceptors (Lipinski definition) is 5. The molecule has 0 aliphatic carbocycles. The van der Waals surface area contributed by atoms with Gasteiger partial charge in [0.05, 0.1) is 11.9 Å². The van der Waals surface area contributed by atoms with Gasteiger partial charge in [0.1, 0.15) is 5.52 Å². The van der Waals surface area contributed by atoms with Crippen molar-refractivity contribution in [2.24, 2.45) is 0 Å². The summed E-state index contributed by atoms with van der Waals surface area (Å²) < 4.78 is 38.3. The van der Waals surface area contributed by atoms with E-state index >= 15 is 0 Å². The van der Waals surface area contributed by atoms with Gasteiger partial charge in [0.15, 0.2) is 11.5 Å². The maximum absolute atomic E-state index is 12.8. The van der Waals surface area contributed by atoms with Crippen molar-refractivity contribution in [1.29, 1.82) is 0 Å². The number of alkyl halides is 3. The van der Waals surface area contributed by atoms with Gasteiger partial charge in [-0.2, -0.15) is 13.2 Å². The first-order valence-electron chi connectivity index (χ1n) is 6.53. The van der Waals surface area contributed by atoms with Crippen molar-refractivity contribution in [3.05, 3.63) is 12.2 Å². The molecule has 0 radical (unpaired) electrons. The topological polar surface area (TPSA) is 86.7 Å². The summed E-state index contributed by atoms with van der Waals surface area (Å²) in [6.07, 6.45) is -2.47. The molecule has 0 atom stereocenters.